The van der Waals surface area contributed by atoms with Gasteiger partial charge in [0.1, 0.15) is 18.1 Å². The minimum atomic E-state index is -0.111. The maximum Gasteiger partial charge on any atom is 0.253 e. The molecule has 0 spiro atoms. The molecule has 27 heavy (non-hydrogen) atoms. The van der Waals surface area contributed by atoms with Crippen LogP contribution in [0.3, 0.4) is 0 Å². The third-order valence-corrected chi connectivity index (χ3v) is 5.20. The number of carbonyl (C=O) groups is 2. The third-order valence-electron chi connectivity index (χ3n) is 5.20. The lowest BCUT2D eigenvalue weighted by Crippen LogP contribution is -2.41. The van der Waals surface area contributed by atoms with Gasteiger partial charge in [0.2, 0.25) is 0 Å². The standard InChI is InChI=1S/C21H21NO5/c1-25-15-5-3-13(4-6-15)16-11-18(23)17-9-14(10-19(26-2)21(16)17)22-7-8-27-12-20(22)24/h3-6,9-10,16H,7-8,11-12H2,1-2H3. The average molecular weight is 367 g/mol. The topological polar surface area (TPSA) is 65.1 Å². The van der Waals surface area contributed by atoms with Crippen molar-refractivity contribution in [2.24, 2.45) is 0 Å². The van der Waals surface area contributed by atoms with E-state index in [1.165, 1.54) is 0 Å². The zero-order valence-corrected chi connectivity index (χ0v) is 15.4. The molecule has 0 radical (unpaired) electrons. The van der Waals surface area contributed by atoms with Crippen molar-refractivity contribution < 1.29 is 23.8 Å². The summed E-state index contributed by atoms with van der Waals surface area (Å²) in [4.78, 5) is 26.6. The van der Waals surface area contributed by atoms with Crippen molar-refractivity contribution in [2.75, 3.05) is 38.9 Å². The van der Waals surface area contributed by atoms with Gasteiger partial charge in [-0.2, -0.15) is 0 Å². The molecule has 1 amide bonds. The molecule has 1 heterocycles. The van der Waals surface area contributed by atoms with Crippen LogP contribution in [-0.4, -0.2) is 45.7 Å². The van der Waals surface area contributed by atoms with Crippen LogP contribution in [0.2, 0.25) is 0 Å². The molecule has 4 rings (SSSR count). The molecular formula is C21H21NO5. The summed E-state index contributed by atoms with van der Waals surface area (Å²) in [5.74, 6) is 1.29. The van der Waals surface area contributed by atoms with E-state index in [4.69, 9.17) is 14.2 Å². The number of fused-ring (bicyclic) bond motifs is 1. The first-order valence-corrected chi connectivity index (χ1v) is 8.89. The number of morpholine rings is 1. The van der Waals surface area contributed by atoms with Crippen LogP contribution in [0.15, 0.2) is 36.4 Å². The van der Waals surface area contributed by atoms with E-state index in [9.17, 15) is 9.59 Å². The fraction of sp³-hybridized carbons (Fsp3) is 0.333. The zero-order chi connectivity index (χ0) is 19.0. The molecule has 1 atom stereocenters. The highest BCUT2D eigenvalue weighted by molar-refractivity contribution is 6.05. The molecule has 1 unspecified atom stereocenters. The number of benzene rings is 2. The molecule has 6 nitrogen and oxygen atoms in total. The van der Waals surface area contributed by atoms with Crippen LogP contribution in [0.25, 0.3) is 0 Å². The number of ketones is 1. The van der Waals surface area contributed by atoms with E-state index in [0.717, 1.165) is 16.9 Å². The first-order valence-electron chi connectivity index (χ1n) is 8.89. The molecule has 2 aliphatic rings. The van der Waals surface area contributed by atoms with Crippen molar-refractivity contribution in [1.29, 1.82) is 0 Å². The summed E-state index contributed by atoms with van der Waals surface area (Å²) in [5.41, 5.74) is 3.24. The fourth-order valence-electron chi connectivity index (χ4n) is 3.84. The summed E-state index contributed by atoms with van der Waals surface area (Å²) in [6, 6.07) is 11.4. The van der Waals surface area contributed by atoms with E-state index in [0.29, 0.717) is 36.6 Å². The summed E-state index contributed by atoms with van der Waals surface area (Å²) in [6.45, 7) is 1.01. The summed E-state index contributed by atoms with van der Waals surface area (Å²) < 4.78 is 16.0. The van der Waals surface area contributed by atoms with Crippen LogP contribution in [0.4, 0.5) is 5.69 Å². The van der Waals surface area contributed by atoms with Gasteiger partial charge >= 0.3 is 0 Å². The van der Waals surface area contributed by atoms with E-state index in [1.54, 1.807) is 19.1 Å². The van der Waals surface area contributed by atoms with Gasteiger partial charge in [0.05, 0.1) is 20.8 Å². The Labute approximate surface area is 157 Å². The van der Waals surface area contributed by atoms with Crippen molar-refractivity contribution in [2.45, 2.75) is 12.3 Å². The van der Waals surface area contributed by atoms with Crippen molar-refractivity contribution in [3.05, 3.63) is 53.1 Å². The lowest BCUT2D eigenvalue weighted by Gasteiger charge is -2.28. The molecular weight excluding hydrogens is 346 g/mol. The highest BCUT2D eigenvalue weighted by Crippen LogP contribution is 2.45. The average Bonchev–Trinajstić information content (AvgIpc) is 3.04. The second kappa shape index (κ2) is 7.04. The van der Waals surface area contributed by atoms with Gasteiger partial charge < -0.3 is 19.1 Å². The Balaban J connectivity index is 1.77. The number of hydrogen-bond acceptors (Lipinski definition) is 5. The van der Waals surface area contributed by atoms with E-state index >= 15 is 0 Å². The van der Waals surface area contributed by atoms with Crippen molar-refractivity contribution in [3.8, 4) is 11.5 Å². The van der Waals surface area contributed by atoms with Gasteiger partial charge in [0.15, 0.2) is 5.78 Å². The van der Waals surface area contributed by atoms with Gasteiger partial charge in [0, 0.05) is 41.8 Å². The fourth-order valence-corrected chi connectivity index (χ4v) is 3.84. The summed E-state index contributed by atoms with van der Waals surface area (Å²) >= 11 is 0. The number of ether oxygens (including phenoxy) is 3. The first-order chi connectivity index (χ1) is 13.1. The minimum Gasteiger partial charge on any atom is -0.497 e. The molecule has 1 saturated heterocycles. The van der Waals surface area contributed by atoms with Crippen LogP contribution < -0.4 is 14.4 Å². The molecule has 6 heteroatoms. The summed E-state index contributed by atoms with van der Waals surface area (Å²) in [6.07, 6.45) is 0.387. The Morgan fingerprint density at radius 3 is 2.52 bits per heavy atom. The lowest BCUT2D eigenvalue weighted by molar-refractivity contribution is -0.125. The Morgan fingerprint density at radius 2 is 1.85 bits per heavy atom. The van der Waals surface area contributed by atoms with E-state index in [2.05, 4.69) is 0 Å². The number of nitrogens with zero attached hydrogens (tertiary/aromatic N) is 1. The molecule has 1 aliphatic heterocycles. The Bertz CT molecular complexity index is 890. The maximum absolute atomic E-state index is 12.7. The van der Waals surface area contributed by atoms with Crippen LogP contribution in [0.5, 0.6) is 11.5 Å². The number of anilines is 1. The number of carbonyl (C=O) groups excluding carboxylic acids is 2. The number of amides is 1. The Morgan fingerprint density at radius 1 is 1.07 bits per heavy atom. The normalized spacial score (nSPS) is 19.2. The van der Waals surface area contributed by atoms with Gasteiger partial charge in [-0.25, -0.2) is 0 Å². The second-order valence-electron chi connectivity index (χ2n) is 6.66. The molecule has 0 N–H and O–H groups in total. The minimum absolute atomic E-state index is 0.0574. The number of hydrogen-bond donors (Lipinski definition) is 0. The highest BCUT2D eigenvalue weighted by atomic mass is 16.5. The molecule has 0 saturated carbocycles. The molecule has 1 fully saturated rings. The monoisotopic (exact) mass is 367 g/mol. The smallest absolute Gasteiger partial charge is 0.253 e. The number of methoxy groups -OCH3 is 2. The first kappa shape index (κ1) is 17.5. The van der Waals surface area contributed by atoms with Crippen LogP contribution >= 0.6 is 0 Å². The predicted octanol–water partition coefficient (Wildman–Crippen LogP) is 2.79. The Kier molecular flexibility index (Phi) is 4.58. The van der Waals surface area contributed by atoms with Crippen molar-refractivity contribution in [1.82, 2.24) is 0 Å². The van der Waals surface area contributed by atoms with Gasteiger partial charge in [-0.15, -0.1) is 0 Å². The van der Waals surface area contributed by atoms with Crippen LogP contribution in [0, 0.1) is 0 Å². The molecule has 0 aromatic heterocycles. The van der Waals surface area contributed by atoms with Gasteiger partial charge in [-0.05, 0) is 23.8 Å². The highest BCUT2D eigenvalue weighted by Gasteiger charge is 2.35. The lowest BCUT2D eigenvalue weighted by atomic mass is 9.92. The van der Waals surface area contributed by atoms with E-state index in [-0.39, 0.29) is 24.2 Å². The van der Waals surface area contributed by atoms with Crippen molar-refractivity contribution >= 4 is 17.4 Å². The maximum atomic E-state index is 12.7. The number of Topliss-reactive ketones (excluding diaryl/α,β-unsaturated/α-hetero) is 1. The zero-order valence-electron chi connectivity index (χ0n) is 15.4. The molecule has 2 aromatic rings. The second-order valence-corrected chi connectivity index (χ2v) is 6.66. The SMILES string of the molecule is COc1ccc(C2CC(=O)c3cc(N4CCOCC4=O)cc(OC)c32)cc1. The van der Waals surface area contributed by atoms with Gasteiger partial charge in [-0.3, -0.25) is 9.59 Å². The van der Waals surface area contributed by atoms with Gasteiger partial charge in [0.25, 0.3) is 5.91 Å². The number of rotatable bonds is 4. The van der Waals surface area contributed by atoms with E-state index in [1.807, 2.05) is 36.4 Å². The van der Waals surface area contributed by atoms with Crippen LogP contribution in [-0.2, 0) is 9.53 Å². The quantitative estimate of drug-likeness (QED) is 0.831. The van der Waals surface area contributed by atoms with E-state index < -0.39 is 0 Å². The third kappa shape index (κ3) is 3.06. The Hall–Kier alpha value is -2.86. The largest absolute Gasteiger partial charge is 0.497 e. The molecule has 140 valence electrons. The van der Waals surface area contributed by atoms with Gasteiger partial charge in [-0.1, -0.05) is 12.1 Å². The van der Waals surface area contributed by atoms with Crippen molar-refractivity contribution in [3.63, 3.8) is 0 Å². The van der Waals surface area contributed by atoms with Crippen LogP contribution in [0.1, 0.15) is 33.8 Å². The molecule has 1 aliphatic carbocycles. The summed E-state index contributed by atoms with van der Waals surface area (Å²) in [7, 11) is 3.22. The molecule has 0 bridgehead atoms. The predicted molar refractivity (Wildman–Crippen MR) is 100.0 cm³/mol. The molecule has 2 aromatic carbocycles. The summed E-state index contributed by atoms with van der Waals surface area (Å²) in [5, 5.41) is 0.